The molecular formula is C13H19NO6S. The molecule has 0 heterocycles. The third kappa shape index (κ3) is 4.08. The van der Waals surface area contributed by atoms with Gasteiger partial charge in [-0.15, -0.1) is 0 Å². The maximum absolute atomic E-state index is 12.4. The van der Waals surface area contributed by atoms with Gasteiger partial charge < -0.3 is 14.2 Å². The van der Waals surface area contributed by atoms with Gasteiger partial charge in [-0.05, 0) is 19.1 Å². The third-order valence-corrected chi connectivity index (χ3v) is 4.52. The number of likely N-dealkylation sites (N-methyl/N-ethyl adjacent to an activating group) is 1. The smallest absolute Gasteiger partial charge is 0.321 e. The molecule has 1 aromatic carbocycles. The molecule has 0 radical (unpaired) electrons. The standard InChI is InChI=1S/C13H19NO6S/c1-5-20-13(15)9-14(2)21(16,17)10-6-7-11(18-3)12(8-10)19-4/h6-8H,5,9H2,1-4H3. The molecule has 0 amide bonds. The third-order valence-electron chi connectivity index (χ3n) is 2.72. The summed E-state index contributed by atoms with van der Waals surface area (Å²) in [6, 6.07) is 4.22. The molecule has 8 heteroatoms. The number of rotatable bonds is 7. The summed E-state index contributed by atoms with van der Waals surface area (Å²) in [6.07, 6.45) is 0. The molecule has 0 saturated heterocycles. The molecular weight excluding hydrogens is 298 g/mol. The van der Waals surface area contributed by atoms with Crippen LogP contribution in [0.15, 0.2) is 23.1 Å². The van der Waals surface area contributed by atoms with Crippen molar-refractivity contribution in [3.05, 3.63) is 18.2 Å². The summed E-state index contributed by atoms with van der Waals surface area (Å²) in [7, 11) is 0.366. The zero-order valence-electron chi connectivity index (χ0n) is 12.5. The van der Waals surface area contributed by atoms with E-state index in [0.29, 0.717) is 11.5 Å². The number of esters is 1. The lowest BCUT2D eigenvalue weighted by Crippen LogP contribution is -2.33. The van der Waals surface area contributed by atoms with Crippen molar-refractivity contribution in [1.82, 2.24) is 4.31 Å². The molecule has 0 bridgehead atoms. The van der Waals surface area contributed by atoms with E-state index < -0.39 is 16.0 Å². The first kappa shape index (κ1) is 17.3. The first-order valence-electron chi connectivity index (χ1n) is 6.20. The maximum Gasteiger partial charge on any atom is 0.321 e. The van der Waals surface area contributed by atoms with Gasteiger partial charge in [-0.25, -0.2) is 8.42 Å². The van der Waals surface area contributed by atoms with E-state index in [-0.39, 0.29) is 18.0 Å². The summed E-state index contributed by atoms with van der Waals surface area (Å²) < 4.78 is 40.5. The molecule has 1 rings (SSSR count). The zero-order valence-corrected chi connectivity index (χ0v) is 13.3. The summed E-state index contributed by atoms with van der Waals surface area (Å²) in [4.78, 5) is 11.4. The maximum atomic E-state index is 12.4. The quantitative estimate of drug-likeness (QED) is 0.695. The van der Waals surface area contributed by atoms with Gasteiger partial charge in [0.05, 0.1) is 25.7 Å². The van der Waals surface area contributed by atoms with Crippen LogP contribution in [0.25, 0.3) is 0 Å². The number of carbonyl (C=O) groups is 1. The highest BCUT2D eigenvalue weighted by Gasteiger charge is 2.24. The lowest BCUT2D eigenvalue weighted by molar-refractivity contribution is -0.143. The molecule has 0 atom stereocenters. The van der Waals surface area contributed by atoms with Gasteiger partial charge in [0.1, 0.15) is 6.54 Å². The van der Waals surface area contributed by atoms with E-state index in [4.69, 9.17) is 14.2 Å². The van der Waals surface area contributed by atoms with E-state index in [1.165, 1.54) is 39.5 Å². The Bertz CT molecular complexity index is 599. The summed E-state index contributed by atoms with van der Waals surface area (Å²) in [5, 5.41) is 0. The SMILES string of the molecule is CCOC(=O)CN(C)S(=O)(=O)c1ccc(OC)c(OC)c1. The number of methoxy groups -OCH3 is 2. The van der Waals surface area contributed by atoms with Gasteiger partial charge in [0, 0.05) is 13.1 Å². The van der Waals surface area contributed by atoms with Gasteiger partial charge in [-0.2, -0.15) is 4.31 Å². The van der Waals surface area contributed by atoms with Crippen LogP contribution in [0.3, 0.4) is 0 Å². The minimum Gasteiger partial charge on any atom is -0.493 e. The molecule has 0 fully saturated rings. The molecule has 0 saturated carbocycles. The van der Waals surface area contributed by atoms with Crippen molar-refractivity contribution >= 4 is 16.0 Å². The zero-order chi connectivity index (χ0) is 16.0. The fraction of sp³-hybridized carbons (Fsp3) is 0.462. The summed E-state index contributed by atoms with van der Waals surface area (Å²) in [5.41, 5.74) is 0. The van der Waals surface area contributed by atoms with Gasteiger partial charge in [-0.1, -0.05) is 0 Å². The van der Waals surface area contributed by atoms with E-state index in [2.05, 4.69) is 0 Å². The number of hydrogen-bond acceptors (Lipinski definition) is 6. The lowest BCUT2D eigenvalue weighted by Gasteiger charge is -2.17. The molecule has 0 spiro atoms. The molecule has 0 aromatic heterocycles. The predicted octanol–water partition coefficient (Wildman–Crippen LogP) is 0.887. The number of ether oxygens (including phenoxy) is 3. The van der Waals surface area contributed by atoms with Crippen LogP contribution in [0.4, 0.5) is 0 Å². The molecule has 0 unspecified atom stereocenters. The highest BCUT2D eigenvalue weighted by Crippen LogP contribution is 2.30. The Kier molecular flexibility index (Phi) is 5.98. The normalized spacial score (nSPS) is 11.3. The van der Waals surface area contributed by atoms with Gasteiger partial charge in [-0.3, -0.25) is 4.79 Å². The van der Waals surface area contributed by atoms with Crippen LogP contribution in [0.5, 0.6) is 11.5 Å². The number of benzene rings is 1. The lowest BCUT2D eigenvalue weighted by atomic mass is 10.3. The van der Waals surface area contributed by atoms with Crippen molar-refractivity contribution in [1.29, 1.82) is 0 Å². The molecule has 7 nitrogen and oxygen atoms in total. The van der Waals surface area contributed by atoms with Crippen molar-refractivity contribution < 1.29 is 27.4 Å². The minimum absolute atomic E-state index is 0.00643. The van der Waals surface area contributed by atoms with Crippen molar-refractivity contribution in [3.63, 3.8) is 0 Å². The van der Waals surface area contributed by atoms with E-state index in [0.717, 1.165) is 4.31 Å². The fourth-order valence-electron chi connectivity index (χ4n) is 1.63. The van der Waals surface area contributed by atoms with E-state index in [1.54, 1.807) is 6.92 Å². The van der Waals surface area contributed by atoms with Crippen LogP contribution in [0, 0.1) is 0 Å². The van der Waals surface area contributed by atoms with Crippen molar-refractivity contribution in [2.24, 2.45) is 0 Å². The molecule has 0 aliphatic heterocycles. The van der Waals surface area contributed by atoms with Crippen LogP contribution in [0.2, 0.25) is 0 Å². The molecule has 21 heavy (non-hydrogen) atoms. The van der Waals surface area contributed by atoms with E-state index in [1.807, 2.05) is 0 Å². The van der Waals surface area contributed by atoms with Crippen LogP contribution in [0.1, 0.15) is 6.92 Å². The largest absolute Gasteiger partial charge is 0.493 e. The Balaban J connectivity index is 3.04. The van der Waals surface area contributed by atoms with Gasteiger partial charge in [0.2, 0.25) is 10.0 Å². The van der Waals surface area contributed by atoms with Gasteiger partial charge in [0.25, 0.3) is 0 Å². The number of carbonyl (C=O) groups excluding carboxylic acids is 1. The topological polar surface area (TPSA) is 82.1 Å². The summed E-state index contributed by atoms with van der Waals surface area (Å²) >= 11 is 0. The second-order valence-corrected chi connectivity index (χ2v) is 6.13. The fourth-order valence-corrected chi connectivity index (χ4v) is 2.76. The van der Waals surface area contributed by atoms with Crippen LogP contribution < -0.4 is 9.47 Å². The molecule has 118 valence electrons. The average molecular weight is 317 g/mol. The highest BCUT2D eigenvalue weighted by atomic mass is 32.2. The molecule has 1 aromatic rings. The Labute approximate surface area is 124 Å². The van der Waals surface area contributed by atoms with E-state index in [9.17, 15) is 13.2 Å². The van der Waals surface area contributed by atoms with Crippen LogP contribution in [-0.2, 0) is 19.6 Å². The first-order chi connectivity index (χ1) is 9.86. The minimum atomic E-state index is -3.81. The number of nitrogens with zero attached hydrogens (tertiary/aromatic N) is 1. The molecule has 0 aliphatic carbocycles. The van der Waals surface area contributed by atoms with Gasteiger partial charge >= 0.3 is 5.97 Å². The Hall–Kier alpha value is -1.80. The Morgan fingerprint density at radius 1 is 1.19 bits per heavy atom. The first-order valence-corrected chi connectivity index (χ1v) is 7.64. The molecule has 0 aliphatic rings. The summed E-state index contributed by atoms with van der Waals surface area (Å²) in [5.74, 6) is 0.108. The Morgan fingerprint density at radius 3 is 2.33 bits per heavy atom. The average Bonchev–Trinajstić information content (AvgIpc) is 2.46. The van der Waals surface area contributed by atoms with Crippen molar-refractivity contribution in [2.75, 3.05) is 34.4 Å². The van der Waals surface area contributed by atoms with Crippen LogP contribution in [-0.4, -0.2) is 53.1 Å². The predicted molar refractivity (Wildman–Crippen MR) is 76.0 cm³/mol. The van der Waals surface area contributed by atoms with Gasteiger partial charge in [0.15, 0.2) is 11.5 Å². The second-order valence-electron chi connectivity index (χ2n) is 4.08. The Morgan fingerprint density at radius 2 is 1.81 bits per heavy atom. The second kappa shape index (κ2) is 7.28. The van der Waals surface area contributed by atoms with Crippen molar-refractivity contribution in [3.8, 4) is 11.5 Å². The van der Waals surface area contributed by atoms with Crippen LogP contribution >= 0.6 is 0 Å². The highest BCUT2D eigenvalue weighted by molar-refractivity contribution is 7.89. The van der Waals surface area contributed by atoms with Crippen molar-refractivity contribution in [2.45, 2.75) is 11.8 Å². The number of hydrogen-bond donors (Lipinski definition) is 0. The molecule has 0 N–H and O–H groups in total. The number of sulfonamides is 1. The van der Waals surface area contributed by atoms with E-state index >= 15 is 0 Å². The summed E-state index contributed by atoms with van der Waals surface area (Å²) in [6.45, 7) is 1.49. The monoisotopic (exact) mass is 317 g/mol.